The van der Waals surface area contributed by atoms with E-state index in [-0.39, 0.29) is 24.5 Å². The fraction of sp³-hybridized carbons (Fsp3) is 0.304. The number of likely N-dealkylation sites (N-methyl/N-ethyl adjacent to an activating group) is 1. The molecule has 0 radical (unpaired) electrons. The first-order valence-corrected chi connectivity index (χ1v) is 10.5. The first-order chi connectivity index (χ1) is 15.5. The number of hydrogen-bond donors (Lipinski definition) is 2. The average Bonchev–Trinajstić information content (AvgIpc) is 3.28. The van der Waals surface area contributed by atoms with Gasteiger partial charge >= 0.3 is 0 Å². The van der Waals surface area contributed by atoms with Gasteiger partial charge in [-0.25, -0.2) is 4.98 Å². The fourth-order valence-corrected chi connectivity index (χ4v) is 3.69. The maximum Gasteiger partial charge on any atom is 0.261 e. The van der Waals surface area contributed by atoms with Crippen LogP contribution < -0.4 is 10.1 Å². The number of rotatable bonds is 6. The van der Waals surface area contributed by atoms with Gasteiger partial charge in [-0.3, -0.25) is 14.7 Å². The molecule has 3 aromatic rings. The lowest BCUT2D eigenvalue weighted by molar-refractivity contribution is -0.138. The van der Waals surface area contributed by atoms with Crippen molar-refractivity contribution in [3.63, 3.8) is 0 Å². The van der Waals surface area contributed by atoms with Crippen LogP contribution in [-0.2, 0) is 9.59 Å². The van der Waals surface area contributed by atoms with E-state index >= 15 is 0 Å². The number of aromatic nitrogens is 3. The van der Waals surface area contributed by atoms with Crippen molar-refractivity contribution in [2.75, 3.05) is 38.6 Å². The summed E-state index contributed by atoms with van der Waals surface area (Å²) in [5, 5.41) is 10.1. The summed E-state index contributed by atoms with van der Waals surface area (Å²) in [5.74, 6) is 1.54. The molecule has 32 heavy (non-hydrogen) atoms. The molecule has 9 nitrogen and oxygen atoms in total. The highest BCUT2D eigenvalue weighted by Crippen LogP contribution is 2.26. The molecule has 2 heterocycles. The zero-order valence-electron chi connectivity index (χ0n) is 18.1. The van der Waals surface area contributed by atoms with E-state index in [9.17, 15) is 9.59 Å². The van der Waals surface area contributed by atoms with E-state index in [2.05, 4.69) is 25.4 Å². The minimum absolute atomic E-state index is 0.0377. The third-order valence-corrected chi connectivity index (χ3v) is 5.27. The molecule has 0 saturated carbocycles. The van der Waals surface area contributed by atoms with Crippen LogP contribution in [-0.4, -0.2) is 70.1 Å². The molecule has 1 atom stereocenters. The van der Waals surface area contributed by atoms with E-state index in [0.717, 1.165) is 12.1 Å². The first-order valence-electron chi connectivity index (χ1n) is 10.5. The Kier molecular flexibility index (Phi) is 6.46. The highest BCUT2D eigenvalue weighted by molar-refractivity contribution is 5.89. The van der Waals surface area contributed by atoms with Gasteiger partial charge in [-0.05, 0) is 31.3 Å². The Hall–Kier alpha value is -3.72. The smallest absolute Gasteiger partial charge is 0.261 e. The van der Waals surface area contributed by atoms with Gasteiger partial charge in [-0.1, -0.05) is 30.3 Å². The van der Waals surface area contributed by atoms with Crippen LogP contribution in [0.2, 0.25) is 0 Å². The van der Waals surface area contributed by atoms with Crippen molar-refractivity contribution in [3.05, 3.63) is 60.4 Å². The zero-order valence-corrected chi connectivity index (χ0v) is 18.1. The Morgan fingerprint density at radius 2 is 1.97 bits per heavy atom. The third kappa shape index (κ3) is 5.12. The summed E-state index contributed by atoms with van der Waals surface area (Å²) in [6.07, 6.45) is 0. The number of aromatic amines is 1. The molecule has 0 bridgehead atoms. The van der Waals surface area contributed by atoms with Crippen molar-refractivity contribution in [2.45, 2.75) is 13.0 Å². The largest absolute Gasteiger partial charge is 0.484 e. The van der Waals surface area contributed by atoms with Gasteiger partial charge in [-0.2, -0.15) is 5.10 Å². The molecule has 1 aliphatic rings. The van der Waals surface area contributed by atoms with Gasteiger partial charge in [0.15, 0.2) is 12.4 Å². The summed E-state index contributed by atoms with van der Waals surface area (Å²) in [6.45, 7) is 3.41. The summed E-state index contributed by atoms with van der Waals surface area (Å²) in [5.41, 5.74) is 1.45. The molecule has 4 rings (SSSR count). The monoisotopic (exact) mass is 434 g/mol. The van der Waals surface area contributed by atoms with Crippen molar-refractivity contribution in [1.82, 2.24) is 25.0 Å². The van der Waals surface area contributed by atoms with Crippen LogP contribution >= 0.6 is 0 Å². The molecular weight excluding hydrogens is 408 g/mol. The molecule has 0 spiro atoms. The van der Waals surface area contributed by atoms with Gasteiger partial charge in [-0.15, -0.1) is 0 Å². The van der Waals surface area contributed by atoms with Crippen molar-refractivity contribution in [3.8, 4) is 17.1 Å². The van der Waals surface area contributed by atoms with Crippen molar-refractivity contribution < 1.29 is 14.3 Å². The van der Waals surface area contributed by atoms with E-state index in [1.165, 1.54) is 6.92 Å². The quantitative estimate of drug-likeness (QED) is 0.617. The summed E-state index contributed by atoms with van der Waals surface area (Å²) in [6, 6.07) is 16.4. The number of hydrogen-bond acceptors (Lipinski definition) is 6. The molecule has 9 heteroatoms. The molecule has 1 aliphatic heterocycles. The van der Waals surface area contributed by atoms with E-state index in [0.29, 0.717) is 36.2 Å². The second kappa shape index (κ2) is 9.61. The van der Waals surface area contributed by atoms with Gasteiger partial charge in [0.25, 0.3) is 5.91 Å². The third-order valence-electron chi connectivity index (χ3n) is 5.27. The number of nitrogens with one attached hydrogen (secondary N) is 2. The first kappa shape index (κ1) is 21.5. The number of carbonyl (C=O) groups is 2. The number of ether oxygens (including phenoxy) is 1. The molecule has 2 amide bonds. The predicted octanol–water partition coefficient (Wildman–Crippen LogP) is 2.32. The second-order valence-corrected chi connectivity index (χ2v) is 7.77. The Labute approximate surface area is 186 Å². The lowest BCUT2D eigenvalue weighted by Gasteiger charge is -2.38. The molecule has 2 aromatic carbocycles. The topological polar surface area (TPSA) is 103 Å². The van der Waals surface area contributed by atoms with Gasteiger partial charge in [0.1, 0.15) is 17.6 Å². The minimum atomic E-state index is -0.264. The number of nitrogens with zero attached hydrogens (tertiary/aromatic N) is 4. The van der Waals surface area contributed by atoms with Crippen LogP contribution in [0, 0.1) is 0 Å². The summed E-state index contributed by atoms with van der Waals surface area (Å²) >= 11 is 0. The summed E-state index contributed by atoms with van der Waals surface area (Å²) in [4.78, 5) is 32.9. The molecule has 0 aliphatic carbocycles. The van der Waals surface area contributed by atoms with Crippen LogP contribution in [0.3, 0.4) is 0 Å². The maximum atomic E-state index is 13.0. The number of piperazine rings is 1. The van der Waals surface area contributed by atoms with Gasteiger partial charge < -0.3 is 19.9 Å². The van der Waals surface area contributed by atoms with E-state index < -0.39 is 0 Å². The highest BCUT2D eigenvalue weighted by atomic mass is 16.5. The molecule has 2 N–H and O–H groups in total. The van der Waals surface area contributed by atoms with Crippen LogP contribution in [0.15, 0.2) is 54.6 Å². The van der Waals surface area contributed by atoms with Crippen LogP contribution in [0.1, 0.15) is 18.8 Å². The summed E-state index contributed by atoms with van der Waals surface area (Å²) in [7, 11) is 2.02. The van der Waals surface area contributed by atoms with Crippen LogP contribution in [0.5, 0.6) is 5.75 Å². The maximum absolute atomic E-state index is 13.0. The van der Waals surface area contributed by atoms with Gasteiger partial charge in [0.2, 0.25) is 5.91 Å². The Morgan fingerprint density at radius 3 is 2.75 bits per heavy atom. The molecular formula is C23H26N6O3. The lowest BCUT2D eigenvalue weighted by Crippen LogP contribution is -2.50. The Morgan fingerprint density at radius 1 is 1.16 bits per heavy atom. The van der Waals surface area contributed by atoms with E-state index in [1.807, 2.05) is 61.6 Å². The van der Waals surface area contributed by atoms with E-state index in [4.69, 9.17) is 4.74 Å². The van der Waals surface area contributed by atoms with Gasteiger partial charge in [0, 0.05) is 37.8 Å². The summed E-state index contributed by atoms with van der Waals surface area (Å²) < 4.78 is 5.67. The van der Waals surface area contributed by atoms with E-state index in [1.54, 1.807) is 4.90 Å². The number of carbonyl (C=O) groups excluding carboxylic acids is 2. The number of benzene rings is 2. The SMILES string of the molecule is CC(=O)Nc1cccc(-c2n[nH]c(C3CN(C)CCN3C(=O)COc3ccccc3)n2)c1. The standard InChI is InChI=1S/C23H26N6O3/c1-16(30)24-18-8-6-7-17(13-18)22-25-23(27-26-22)20-14-28(2)11-12-29(20)21(31)15-32-19-9-4-3-5-10-19/h3-10,13,20H,11-12,14-15H2,1-2H3,(H,24,30)(H,25,26,27). The fourth-order valence-electron chi connectivity index (χ4n) is 3.69. The van der Waals surface area contributed by atoms with Crippen molar-refractivity contribution >= 4 is 17.5 Å². The predicted molar refractivity (Wildman–Crippen MR) is 120 cm³/mol. The second-order valence-electron chi connectivity index (χ2n) is 7.77. The normalized spacial score (nSPS) is 16.6. The average molecular weight is 435 g/mol. The molecule has 1 unspecified atom stereocenters. The molecule has 1 fully saturated rings. The Balaban J connectivity index is 1.51. The molecule has 1 saturated heterocycles. The van der Waals surface area contributed by atoms with Crippen molar-refractivity contribution in [2.24, 2.45) is 0 Å². The Bertz CT molecular complexity index is 1080. The molecule has 1 aromatic heterocycles. The van der Waals surface area contributed by atoms with Crippen LogP contribution in [0.4, 0.5) is 5.69 Å². The zero-order chi connectivity index (χ0) is 22.5. The number of H-pyrrole nitrogens is 1. The highest BCUT2D eigenvalue weighted by Gasteiger charge is 2.33. The lowest BCUT2D eigenvalue weighted by atomic mass is 10.1. The number of amides is 2. The van der Waals surface area contributed by atoms with Crippen molar-refractivity contribution in [1.29, 1.82) is 0 Å². The van der Waals surface area contributed by atoms with Gasteiger partial charge in [0.05, 0.1) is 0 Å². The number of anilines is 1. The minimum Gasteiger partial charge on any atom is -0.484 e. The number of para-hydroxylation sites is 1. The van der Waals surface area contributed by atoms with Crippen LogP contribution in [0.25, 0.3) is 11.4 Å². The molecule has 166 valence electrons.